The number of piperidine rings is 1. The highest BCUT2D eigenvalue weighted by molar-refractivity contribution is 6.01. The van der Waals surface area contributed by atoms with Gasteiger partial charge in [0.2, 0.25) is 17.7 Å². The molecule has 1 unspecified atom stereocenters. The molecule has 0 radical (unpaired) electrons. The molecule has 1 saturated heterocycles. The number of likely N-dealkylation sites (N-methyl/N-ethyl adjacent to an activating group) is 2. The van der Waals surface area contributed by atoms with Gasteiger partial charge < -0.3 is 25.3 Å². The maximum Gasteiger partial charge on any atom is 0.249 e. The van der Waals surface area contributed by atoms with Crippen LogP contribution in [0.15, 0.2) is 84.9 Å². The van der Waals surface area contributed by atoms with Crippen LogP contribution in [0.2, 0.25) is 0 Å². The van der Waals surface area contributed by atoms with Gasteiger partial charge in [-0.1, -0.05) is 78.9 Å². The standard InChI is InChI=1S/C40H51N5O3/c1-42(2)33-19-24-45(25-20-33)37(47)35(26-29-12-6-5-7-13-29)43(3)38(48)40(44(4)36(46)16-10-21-39(41)22-11-23-39)28-34(40)32-18-17-30-14-8-9-15-31(30)27-32/h5-10,12-18,27,33-35H,11,19-26,28,41H2,1-4H3/b16-10+/t34-,35?,40+/m0/s1. The summed E-state index contributed by atoms with van der Waals surface area (Å²) in [7, 11) is 7.66. The Morgan fingerprint density at radius 2 is 1.58 bits per heavy atom. The number of nitrogens with two attached hydrogens (primary N) is 1. The number of likely N-dealkylation sites (tertiary alicyclic amines) is 1. The van der Waals surface area contributed by atoms with Crippen LogP contribution in [-0.4, -0.2) is 102 Å². The minimum atomic E-state index is -1.11. The smallest absolute Gasteiger partial charge is 0.249 e. The molecule has 3 aliphatic rings. The Kier molecular flexibility index (Phi) is 9.77. The van der Waals surface area contributed by atoms with Gasteiger partial charge in [0.25, 0.3) is 0 Å². The molecule has 3 atom stereocenters. The Morgan fingerprint density at radius 1 is 0.917 bits per heavy atom. The third kappa shape index (κ3) is 6.78. The largest absolute Gasteiger partial charge is 0.341 e. The molecule has 2 aliphatic carbocycles. The van der Waals surface area contributed by atoms with Crippen LogP contribution < -0.4 is 5.73 Å². The second-order valence-corrected chi connectivity index (χ2v) is 14.6. The molecule has 8 heteroatoms. The summed E-state index contributed by atoms with van der Waals surface area (Å²) in [4.78, 5) is 50.6. The molecule has 3 amide bonds. The predicted molar refractivity (Wildman–Crippen MR) is 191 cm³/mol. The van der Waals surface area contributed by atoms with Crippen LogP contribution in [0.4, 0.5) is 0 Å². The average molecular weight is 650 g/mol. The molecule has 2 saturated carbocycles. The van der Waals surface area contributed by atoms with Gasteiger partial charge in [0.15, 0.2) is 0 Å². The number of benzene rings is 3. The van der Waals surface area contributed by atoms with Gasteiger partial charge in [0.05, 0.1) is 0 Å². The van der Waals surface area contributed by atoms with Crippen molar-refractivity contribution in [3.63, 3.8) is 0 Å². The molecule has 254 valence electrons. The van der Waals surface area contributed by atoms with E-state index in [0.29, 0.717) is 38.4 Å². The first-order valence-electron chi connectivity index (χ1n) is 17.5. The minimum Gasteiger partial charge on any atom is -0.341 e. The molecule has 6 rings (SSSR count). The Bertz CT molecular complexity index is 1660. The quantitative estimate of drug-likeness (QED) is 0.296. The van der Waals surface area contributed by atoms with Gasteiger partial charge in [-0.25, -0.2) is 0 Å². The monoisotopic (exact) mass is 649 g/mol. The van der Waals surface area contributed by atoms with E-state index in [9.17, 15) is 14.4 Å². The van der Waals surface area contributed by atoms with Crippen LogP contribution in [-0.2, 0) is 20.8 Å². The molecule has 3 aromatic carbocycles. The zero-order valence-corrected chi connectivity index (χ0v) is 29.0. The molecule has 0 aromatic heterocycles. The summed E-state index contributed by atoms with van der Waals surface area (Å²) in [5.74, 6) is -0.654. The maximum absolute atomic E-state index is 15.0. The number of hydrogen-bond donors (Lipinski definition) is 1. The van der Waals surface area contributed by atoms with Gasteiger partial charge in [-0.3, -0.25) is 14.4 Å². The summed E-state index contributed by atoms with van der Waals surface area (Å²) in [6, 6.07) is 24.1. The minimum absolute atomic E-state index is 0.0346. The lowest BCUT2D eigenvalue weighted by atomic mass is 9.75. The van der Waals surface area contributed by atoms with Crippen molar-refractivity contribution in [2.24, 2.45) is 5.73 Å². The summed E-state index contributed by atoms with van der Waals surface area (Å²) < 4.78 is 0. The molecule has 2 N–H and O–H groups in total. The highest BCUT2D eigenvalue weighted by Crippen LogP contribution is 2.56. The molecule has 3 aromatic rings. The lowest BCUT2D eigenvalue weighted by Gasteiger charge is -2.40. The van der Waals surface area contributed by atoms with Crippen molar-refractivity contribution < 1.29 is 14.4 Å². The molecule has 0 spiro atoms. The van der Waals surface area contributed by atoms with E-state index in [1.165, 1.54) is 0 Å². The van der Waals surface area contributed by atoms with Gasteiger partial charge in [0.1, 0.15) is 11.6 Å². The normalized spacial score (nSPS) is 22.8. The molecule has 3 fully saturated rings. The second-order valence-electron chi connectivity index (χ2n) is 14.6. The fourth-order valence-electron chi connectivity index (χ4n) is 7.85. The molecule has 1 heterocycles. The fourth-order valence-corrected chi connectivity index (χ4v) is 7.85. The van der Waals surface area contributed by atoms with Crippen molar-refractivity contribution in [3.8, 4) is 0 Å². The highest BCUT2D eigenvalue weighted by Gasteiger charge is 2.66. The summed E-state index contributed by atoms with van der Waals surface area (Å²) in [5.41, 5.74) is 7.10. The molecule has 48 heavy (non-hydrogen) atoms. The van der Waals surface area contributed by atoms with Crippen LogP contribution >= 0.6 is 0 Å². The van der Waals surface area contributed by atoms with Crippen molar-refractivity contribution in [2.45, 2.75) is 80.4 Å². The number of amides is 3. The number of nitrogens with zero attached hydrogens (tertiary/aromatic N) is 4. The number of hydrogen-bond acceptors (Lipinski definition) is 5. The van der Waals surface area contributed by atoms with Crippen LogP contribution in [0.25, 0.3) is 10.8 Å². The van der Waals surface area contributed by atoms with E-state index in [2.05, 4.69) is 49.3 Å². The van der Waals surface area contributed by atoms with E-state index < -0.39 is 11.6 Å². The summed E-state index contributed by atoms with van der Waals surface area (Å²) >= 11 is 0. The topological polar surface area (TPSA) is 90.2 Å². The number of fused-ring (bicyclic) bond motifs is 1. The molecule has 0 bridgehead atoms. The molecule has 8 nitrogen and oxygen atoms in total. The predicted octanol–water partition coefficient (Wildman–Crippen LogP) is 4.97. The van der Waals surface area contributed by atoms with E-state index in [1.54, 1.807) is 30.0 Å². The van der Waals surface area contributed by atoms with Gasteiger partial charge in [-0.2, -0.15) is 0 Å². The number of carbonyl (C=O) groups is 3. The first-order valence-corrected chi connectivity index (χ1v) is 17.5. The van der Waals surface area contributed by atoms with E-state index >= 15 is 0 Å². The Hall–Kier alpha value is -4.01. The first-order chi connectivity index (χ1) is 23.0. The van der Waals surface area contributed by atoms with E-state index in [4.69, 9.17) is 5.73 Å². The molecular formula is C40H51N5O3. The van der Waals surface area contributed by atoms with E-state index in [0.717, 1.165) is 54.0 Å². The molecule has 1 aliphatic heterocycles. The van der Waals surface area contributed by atoms with Crippen molar-refractivity contribution in [1.29, 1.82) is 0 Å². The number of carbonyl (C=O) groups excluding carboxylic acids is 3. The van der Waals surface area contributed by atoms with Gasteiger partial charge in [-0.05, 0) is 87.0 Å². The summed E-state index contributed by atoms with van der Waals surface area (Å²) in [5, 5.41) is 2.22. The summed E-state index contributed by atoms with van der Waals surface area (Å²) in [6.45, 7) is 1.32. The van der Waals surface area contributed by atoms with Crippen molar-refractivity contribution in [2.75, 3.05) is 41.3 Å². The third-order valence-electron chi connectivity index (χ3n) is 11.4. The van der Waals surface area contributed by atoms with Gasteiger partial charge in [0, 0.05) is 51.1 Å². The van der Waals surface area contributed by atoms with Gasteiger partial charge >= 0.3 is 0 Å². The first kappa shape index (κ1) is 33.9. The van der Waals surface area contributed by atoms with Crippen LogP contribution in [0, 0.1) is 0 Å². The van der Waals surface area contributed by atoms with Crippen LogP contribution in [0.1, 0.15) is 62.0 Å². The molecular weight excluding hydrogens is 598 g/mol. The van der Waals surface area contributed by atoms with Crippen LogP contribution in [0.3, 0.4) is 0 Å². The lowest BCUT2D eigenvalue weighted by Crippen LogP contribution is -2.58. The third-order valence-corrected chi connectivity index (χ3v) is 11.4. The van der Waals surface area contributed by atoms with Crippen LogP contribution in [0.5, 0.6) is 0 Å². The second kappa shape index (κ2) is 13.8. The highest BCUT2D eigenvalue weighted by atomic mass is 16.2. The average Bonchev–Trinajstić information content (AvgIpc) is 3.85. The summed E-state index contributed by atoms with van der Waals surface area (Å²) in [6.07, 6.45) is 9.82. The Labute approximate surface area is 285 Å². The van der Waals surface area contributed by atoms with Crippen molar-refractivity contribution in [3.05, 3.63) is 96.1 Å². The van der Waals surface area contributed by atoms with Crippen molar-refractivity contribution in [1.82, 2.24) is 19.6 Å². The number of rotatable bonds is 11. The Morgan fingerprint density at radius 3 is 2.23 bits per heavy atom. The van der Waals surface area contributed by atoms with E-state index in [1.807, 2.05) is 53.4 Å². The zero-order chi connectivity index (χ0) is 34.1. The zero-order valence-electron chi connectivity index (χ0n) is 29.0. The van der Waals surface area contributed by atoms with Crippen molar-refractivity contribution >= 4 is 28.5 Å². The Balaban J connectivity index is 1.31. The SMILES string of the molecule is CN(C)C1CCN(C(=O)C(Cc2ccccc2)N(C)C(=O)[C@@]2(N(C)C(=O)/C=C/CC3(N)CCC3)C[C@H]2c2ccc3ccccc3c2)CC1. The van der Waals surface area contributed by atoms with E-state index in [-0.39, 0.29) is 29.2 Å². The maximum atomic E-state index is 15.0. The van der Waals surface area contributed by atoms with Gasteiger partial charge in [-0.15, -0.1) is 0 Å². The fraction of sp³-hybridized carbons (Fsp3) is 0.475. The lowest BCUT2D eigenvalue weighted by molar-refractivity contribution is -0.151.